The van der Waals surface area contributed by atoms with E-state index in [0.717, 1.165) is 11.3 Å². The van der Waals surface area contributed by atoms with Crippen LogP contribution in [-0.4, -0.2) is 24.2 Å². The van der Waals surface area contributed by atoms with Crippen molar-refractivity contribution in [1.82, 2.24) is 10.1 Å². The third-order valence-electron chi connectivity index (χ3n) is 2.34. The fourth-order valence-electron chi connectivity index (χ4n) is 1.42. The molecule has 0 atom stereocenters. The summed E-state index contributed by atoms with van der Waals surface area (Å²) in [5.74, 6) is 0.861. The van der Waals surface area contributed by atoms with E-state index in [4.69, 9.17) is 9.78 Å². The minimum atomic E-state index is 0.142. The molecule has 86 valence electrons. The lowest BCUT2D eigenvalue weighted by Crippen LogP contribution is -2.07. The number of rotatable bonds is 3. The van der Waals surface area contributed by atoms with Crippen LogP contribution in [0.15, 0.2) is 28.8 Å². The van der Waals surface area contributed by atoms with Crippen LogP contribution in [-0.2, 0) is 6.42 Å². The lowest BCUT2D eigenvalue weighted by atomic mass is 10.2. The van der Waals surface area contributed by atoms with Crippen molar-refractivity contribution in [3.8, 4) is 17.5 Å². The Morgan fingerprint density at radius 2 is 2.00 bits per heavy atom. The molecule has 1 aromatic carbocycles. The first-order chi connectivity index (χ1) is 8.20. The highest BCUT2D eigenvalue weighted by Crippen LogP contribution is 2.19. The van der Waals surface area contributed by atoms with E-state index < -0.39 is 0 Å². The third kappa shape index (κ3) is 2.42. The smallest absolute Gasteiger partial charge is 0.241 e. The molecular formula is C12H12N4O. The Hall–Kier alpha value is -2.35. The monoisotopic (exact) mass is 228 g/mol. The van der Waals surface area contributed by atoms with Gasteiger partial charge in [-0.25, -0.2) is 0 Å². The zero-order chi connectivity index (χ0) is 12.3. The molecule has 0 radical (unpaired) electrons. The first-order valence-corrected chi connectivity index (χ1v) is 5.18. The summed E-state index contributed by atoms with van der Waals surface area (Å²) < 4.78 is 4.94. The number of hydrogen-bond donors (Lipinski definition) is 0. The van der Waals surface area contributed by atoms with Crippen molar-refractivity contribution in [3.63, 3.8) is 0 Å². The fourth-order valence-corrected chi connectivity index (χ4v) is 1.42. The van der Waals surface area contributed by atoms with Crippen molar-refractivity contribution in [2.75, 3.05) is 19.0 Å². The standard InChI is InChI=1S/C12H12N4O/c1-16(2)10-5-3-9(4-6-10)12-14-11(7-8-13)17-15-12/h3-6H,7H2,1-2H3. The van der Waals surface area contributed by atoms with Crippen molar-refractivity contribution in [2.24, 2.45) is 0 Å². The summed E-state index contributed by atoms with van der Waals surface area (Å²) in [5.41, 5.74) is 1.98. The number of anilines is 1. The summed E-state index contributed by atoms with van der Waals surface area (Å²) in [6.07, 6.45) is 0.142. The van der Waals surface area contributed by atoms with Gasteiger partial charge in [0.05, 0.1) is 6.07 Å². The highest BCUT2D eigenvalue weighted by Gasteiger charge is 2.08. The number of hydrogen-bond acceptors (Lipinski definition) is 5. The Morgan fingerprint density at radius 3 is 2.59 bits per heavy atom. The Kier molecular flexibility index (Phi) is 3.06. The number of nitriles is 1. The molecule has 0 saturated heterocycles. The molecule has 0 bridgehead atoms. The lowest BCUT2D eigenvalue weighted by molar-refractivity contribution is 0.388. The lowest BCUT2D eigenvalue weighted by Gasteiger charge is -2.11. The average Bonchev–Trinajstić information content (AvgIpc) is 2.78. The van der Waals surface area contributed by atoms with E-state index >= 15 is 0 Å². The van der Waals surface area contributed by atoms with Crippen LogP contribution in [0.2, 0.25) is 0 Å². The van der Waals surface area contributed by atoms with Gasteiger partial charge >= 0.3 is 0 Å². The number of nitrogens with zero attached hydrogens (tertiary/aromatic N) is 4. The Morgan fingerprint density at radius 1 is 1.29 bits per heavy atom. The maximum Gasteiger partial charge on any atom is 0.241 e. The first kappa shape index (κ1) is 11.1. The minimum absolute atomic E-state index is 0.142. The van der Waals surface area contributed by atoms with Gasteiger partial charge in [0.1, 0.15) is 6.42 Å². The maximum atomic E-state index is 8.51. The molecule has 17 heavy (non-hydrogen) atoms. The molecule has 1 aromatic heterocycles. The largest absolute Gasteiger partial charge is 0.378 e. The summed E-state index contributed by atoms with van der Waals surface area (Å²) in [5, 5.41) is 12.3. The topological polar surface area (TPSA) is 66.0 Å². The molecule has 5 nitrogen and oxygen atoms in total. The van der Waals surface area contributed by atoms with E-state index in [2.05, 4.69) is 10.1 Å². The Labute approximate surface area is 99.3 Å². The first-order valence-electron chi connectivity index (χ1n) is 5.18. The van der Waals surface area contributed by atoms with E-state index in [-0.39, 0.29) is 6.42 Å². The van der Waals surface area contributed by atoms with Crippen LogP contribution in [0.1, 0.15) is 5.89 Å². The van der Waals surface area contributed by atoms with E-state index in [0.29, 0.717) is 11.7 Å². The van der Waals surface area contributed by atoms with Crippen molar-refractivity contribution in [1.29, 1.82) is 5.26 Å². The van der Waals surface area contributed by atoms with E-state index in [1.165, 1.54) is 0 Å². The number of aromatic nitrogens is 2. The molecule has 0 N–H and O–H groups in total. The highest BCUT2D eigenvalue weighted by molar-refractivity contribution is 5.59. The van der Waals surface area contributed by atoms with Crippen LogP contribution in [0.5, 0.6) is 0 Å². The fraction of sp³-hybridized carbons (Fsp3) is 0.250. The van der Waals surface area contributed by atoms with Crippen LogP contribution < -0.4 is 4.90 Å². The minimum Gasteiger partial charge on any atom is -0.378 e. The zero-order valence-electron chi connectivity index (χ0n) is 9.71. The van der Waals surface area contributed by atoms with Gasteiger partial charge in [-0.2, -0.15) is 10.2 Å². The summed E-state index contributed by atoms with van der Waals surface area (Å²) in [6, 6.07) is 9.79. The van der Waals surface area contributed by atoms with E-state index in [1.807, 2.05) is 49.3 Å². The van der Waals surface area contributed by atoms with E-state index in [1.54, 1.807) is 0 Å². The maximum absolute atomic E-state index is 8.51. The SMILES string of the molecule is CN(C)c1ccc(-c2noc(CC#N)n2)cc1. The third-order valence-corrected chi connectivity index (χ3v) is 2.34. The second-order valence-electron chi connectivity index (χ2n) is 3.79. The van der Waals surface area contributed by atoms with Crippen LogP contribution in [0.4, 0.5) is 5.69 Å². The molecule has 0 aliphatic carbocycles. The molecule has 0 fully saturated rings. The van der Waals surface area contributed by atoms with Gasteiger partial charge < -0.3 is 9.42 Å². The second kappa shape index (κ2) is 4.66. The van der Waals surface area contributed by atoms with Crippen LogP contribution in [0, 0.1) is 11.3 Å². The van der Waals surface area contributed by atoms with E-state index in [9.17, 15) is 0 Å². The molecular weight excluding hydrogens is 216 g/mol. The predicted octanol–water partition coefficient (Wildman–Crippen LogP) is 1.87. The van der Waals surface area contributed by atoms with Gasteiger partial charge in [-0.15, -0.1) is 0 Å². The molecule has 0 aliphatic rings. The molecule has 0 unspecified atom stereocenters. The molecule has 1 heterocycles. The van der Waals surface area contributed by atoms with Crippen molar-refractivity contribution < 1.29 is 4.52 Å². The molecule has 2 aromatic rings. The summed E-state index contributed by atoms with van der Waals surface area (Å²) in [6.45, 7) is 0. The van der Waals surface area contributed by atoms with Gasteiger partial charge in [-0.1, -0.05) is 5.16 Å². The zero-order valence-corrected chi connectivity index (χ0v) is 9.71. The van der Waals surface area contributed by atoms with Gasteiger partial charge in [0.25, 0.3) is 0 Å². The highest BCUT2D eigenvalue weighted by atomic mass is 16.5. The quantitative estimate of drug-likeness (QED) is 0.802. The average molecular weight is 228 g/mol. The van der Waals surface area contributed by atoms with Crippen molar-refractivity contribution in [3.05, 3.63) is 30.2 Å². The predicted molar refractivity (Wildman–Crippen MR) is 63.4 cm³/mol. The number of benzene rings is 1. The molecule has 0 saturated carbocycles. The Balaban J connectivity index is 2.24. The van der Waals surface area contributed by atoms with Crippen LogP contribution >= 0.6 is 0 Å². The molecule has 5 heteroatoms. The molecule has 0 aliphatic heterocycles. The van der Waals surface area contributed by atoms with Gasteiger partial charge in [-0.3, -0.25) is 0 Å². The van der Waals surface area contributed by atoms with Crippen molar-refractivity contribution >= 4 is 5.69 Å². The van der Waals surface area contributed by atoms with Crippen LogP contribution in [0.25, 0.3) is 11.4 Å². The summed E-state index contributed by atoms with van der Waals surface area (Å²) >= 11 is 0. The normalized spacial score (nSPS) is 9.94. The molecule has 0 amide bonds. The van der Waals surface area contributed by atoms with Gasteiger partial charge in [-0.05, 0) is 24.3 Å². The summed E-state index contributed by atoms with van der Waals surface area (Å²) in [4.78, 5) is 6.15. The van der Waals surface area contributed by atoms with Gasteiger partial charge in [0.15, 0.2) is 0 Å². The van der Waals surface area contributed by atoms with Gasteiger partial charge in [0.2, 0.25) is 11.7 Å². The van der Waals surface area contributed by atoms with Crippen LogP contribution in [0.3, 0.4) is 0 Å². The molecule has 0 spiro atoms. The van der Waals surface area contributed by atoms with Crippen molar-refractivity contribution in [2.45, 2.75) is 6.42 Å². The molecule has 2 rings (SSSR count). The summed E-state index contributed by atoms with van der Waals surface area (Å²) in [7, 11) is 3.96. The second-order valence-corrected chi connectivity index (χ2v) is 3.79. The Bertz CT molecular complexity index is 536. The van der Waals surface area contributed by atoms with Gasteiger partial charge in [0, 0.05) is 25.3 Å².